The molecule has 86 valence electrons. The topological polar surface area (TPSA) is 49.7 Å². The van der Waals surface area contributed by atoms with E-state index in [0.717, 1.165) is 18.1 Å². The maximum atomic E-state index is 9.62. The largest absolute Gasteiger partial charge is 0.414 e. The van der Waals surface area contributed by atoms with Crippen LogP contribution in [0.4, 0.5) is 0 Å². The first-order valence-corrected chi connectivity index (χ1v) is 7.95. The van der Waals surface area contributed by atoms with Gasteiger partial charge in [0.15, 0.2) is 8.32 Å². The summed E-state index contributed by atoms with van der Waals surface area (Å²) in [4.78, 5) is 0. The van der Waals surface area contributed by atoms with Crippen LogP contribution in [0.25, 0.3) is 0 Å². The van der Waals surface area contributed by atoms with E-state index in [1.54, 1.807) is 6.92 Å². The third-order valence-electron chi connectivity index (χ3n) is 2.96. The summed E-state index contributed by atoms with van der Waals surface area (Å²) in [6.07, 6.45) is 0. The van der Waals surface area contributed by atoms with Crippen molar-refractivity contribution in [3.63, 3.8) is 0 Å². The fourth-order valence-electron chi connectivity index (χ4n) is 1.41. The quantitative estimate of drug-likeness (QED) is 0.643. The molecule has 2 N–H and O–H groups in total. The summed E-state index contributed by atoms with van der Waals surface area (Å²) in [6, 6.07) is 3.21. The molecule has 0 spiro atoms. The van der Waals surface area contributed by atoms with Crippen molar-refractivity contribution in [1.82, 2.24) is 0 Å². The number of aliphatic hydroxyl groups excluding tert-OH is 1. The summed E-state index contributed by atoms with van der Waals surface area (Å²) in [5.41, 5.74) is -1.09. The van der Waals surface area contributed by atoms with Crippen LogP contribution in [0.3, 0.4) is 0 Å². The molecule has 0 rings (SSSR count). The van der Waals surface area contributed by atoms with E-state index in [4.69, 9.17) is 9.53 Å². The summed E-state index contributed by atoms with van der Waals surface area (Å²) >= 11 is 0. The molecule has 0 aliphatic heterocycles. The number of hydrogen-bond donors (Lipinski definition) is 2. The van der Waals surface area contributed by atoms with Gasteiger partial charge in [-0.3, -0.25) is 0 Å². The van der Waals surface area contributed by atoms with Crippen LogP contribution in [0, 0.1) is 0 Å². The lowest BCUT2D eigenvalue weighted by atomic mass is 10.1. The molecular weight excluding hydrogens is 196 g/mol. The van der Waals surface area contributed by atoms with Crippen LogP contribution in [-0.2, 0) is 4.43 Å². The molecule has 0 saturated carbocycles. The highest BCUT2D eigenvalue weighted by atomic mass is 28.4. The van der Waals surface area contributed by atoms with E-state index in [9.17, 15) is 5.11 Å². The van der Waals surface area contributed by atoms with Crippen molar-refractivity contribution in [3.8, 4) is 0 Å². The first kappa shape index (κ1) is 14.1. The summed E-state index contributed by atoms with van der Waals surface area (Å²) in [6.45, 7) is 8.06. The lowest BCUT2D eigenvalue weighted by molar-refractivity contribution is -0.0355. The molecule has 0 radical (unpaired) electrons. The maximum absolute atomic E-state index is 9.62. The Labute approximate surface area is 88.2 Å². The lowest BCUT2D eigenvalue weighted by Crippen LogP contribution is -2.44. The highest BCUT2D eigenvalue weighted by Gasteiger charge is 2.31. The Balaban J connectivity index is 4.19. The van der Waals surface area contributed by atoms with Crippen molar-refractivity contribution >= 4 is 8.32 Å². The van der Waals surface area contributed by atoms with E-state index in [1.165, 1.54) is 0 Å². The molecule has 0 saturated heterocycles. The molecule has 0 aromatic rings. The van der Waals surface area contributed by atoms with Gasteiger partial charge in [-0.2, -0.15) is 0 Å². The van der Waals surface area contributed by atoms with Crippen molar-refractivity contribution in [1.29, 1.82) is 0 Å². The number of rotatable bonds is 7. The second-order valence-electron chi connectivity index (χ2n) is 4.19. The van der Waals surface area contributed by atoms with Crippen LogP contribution < -0.4 is 0 Å². The van der Waals surface area contributed by atoms with Crippen molar-refractivity contribution in [2.24, 2.45) is 0 Å². The average Bonchev–Trinajstić information content (AvgIpc) is 2.21. The Morgan fingerprint density at radius 1 is 1.14 bits per heavy atom. The van der Waals surface area contributed by atoms with Gasteiger partial charge < -0.3 is 14.6 Å². The number of aliphatic hydroxyl groups is 2. The van der Waals surface area contributed by atoms with Crippen LogP contribution in [0.1, 0.15) is 27.7 Å². The minimum absolute atomic E-state index is 0.241. The van der Waals surface area contributed by atoms with Gasteiger partial charge in [-0.05, 0) is 25.1 Å². The van der Waals surface area contributed by atoms with Crippen LogP contribution in [0.5, 0.6) is 0 Å². The summed E-state index contributed by atoms with van der Waals surface area (Å²) in [5.74, 6) is 0. The minimum Gasteiger partial charge on any atom is -0.414 e. The third kappa shape index (κ3) is 4.08. The minimum atomic E-state index is -1.61. The zero-order chi connectivity index (χ0) is 11.2. The maximum Gasteiger partial charge on any atom is 0.192 e. The van der Waals surface area contributed by atoms with Crippen molar-refractivity contribution in [2.45, 2.75) is 51.4 Å². The molecule has 0 aromatic carbocycles. The Morgan fingerprint density at radius 3 is 1.86 bits per heavy atom. The molecule has 14 heavy (non-hydrogen) atoms. The zero-order valence-corrected chi connectivity index (χ0v) is 10.8. The second-order valence-corrected chi connectivity index (χ2v) is 8.96. The fourth-order valence-corrected chi connectivity index (χ4v) is 4.14. The normalized spacial score (nSPS) is 16.7. The molecule has 0 aliphatic rings. The Bertz CT molecular complexity index is 147. The molecule has 0 fully saturated rings. The van der Waals surface area contributed by atoms with Gasteiger partial charge in [-0.1, -0.05) is 20.8 Å². The van der Waals surface area contributed by atoms with Crippen molar-refractivity contribution in [2.75, 3.05) is 13.2 Å². The molecule has 1 atom stereocenters. The van der Waals surface area contributed by atoms with Gasteiger partial charge in [0.05, 0.1) is 13.2 Å². The van der Waals surface area contributed by atoms with E-state index in [0.29, 0.717) is 0 Å². The van der Waals surface area contributed by atoms with Crippen LogP contribution in [-0.4, -0.2) is 37.3 Å². The van der Waals surface area contributed by atoms with Gasteiger partial charge >= 0.3 is 0 Å². The molecule has 3 nitrogen and oxygen atoms in total. The molecule has 1 unspecified atom stereocenters. The second kappa shape index (κ2) is 5.85. The van der Waals surface area contributed by atoms with E-state index in [-0.39, 0.29) is 13.2 Å². The molecule has 4 heteroatoms. The standard InChI is InChI=1S/C10H24O3Si/c1-5-14(6-2,7-3)13-9-10(4,12)8-11/h11-12H,5-9H2,1-4H3. The van der Waals surface area contributed by atoms with E-state index < -0.39 is 13.9 Å². The smallest absolute Gasteiger partial charge is 0.192 e. The highest BCUT2D eigenvalue weighted by Crippen LogP contribution is 2.22. The van der Waals surface area contributed by atoms with Gasteiger partial charge in [0.1, 0.15) is 5.60 Å². The summed E-state index contributed by atoms with van der Waals surface area (Å²) in [5, 5.41) is 18.5. The van der Waals surface area contributed by atoms with Crippen LogP contribution >= 0.6 is 0 Å². The Morgan fingerprint density at radius 2 is 1.57 bits per heavy atom. The Hall–Kier alpha value is 0.0969. The van der Waals surface area contributed by atoms with E-state index in [2.05, 4.69) is 20.8 Å². The fraction of sp³-hybridized carbons (Fsp3) is 1.00. The third-order valence-corrected chi connectivity index (χ3v) is 7.59. The highest BCUT2D eigenvalue weighted by molar-refractivity contribution is 6.73. The molecule has 0 aliphatic carbocycles. The van der Waals surface area contributed by atoms with Crippen LogP contribution in [0.15, 0.2) is 0 Å². The molecular formula is C10H24O3Si. The molecule has 0 heterocycles. The average molecular weight is 220 g/mol. The summed E-state index contributed by atoms with van der Waals surface area (Å²) in [7, 11) is -1.61. The first-order valence-electron chi connectivity index (χ1n) is 5.42. The SMILES string of the molecule is CC[Si](CC)(CC)OCC(C)(O)CO. The molecule has 0 aromatic heterocycles. The van der Waals surface area contributed by atoms with Crippen LogP contribution in [0.2, 0.25) is 18.1 Å². The van der Waals surface area contributed by atoms with Gasteiger partial charge in [-0.25, -0.2) is 0 Å². The Kier molecular flexibility index (Phi) is 5.89. The predicted octanol–water partition coefficient (Wildman–Crippen LogP) is 1.75. The monoisotopic (exact) mass is 220 g/mol. The van der Waals surface area contributed by atoms with Crippen molar-refractivity contribution < 1.29 is 14.6 Å². The van der Waals surface area contributed by atoms with Gasteiger partial charge in [0.2, 0.25) is 0 Å². The predicted molar refractivity (Wildman–Crippen MR) is 60.9 cm³/mol. The van der Waals surface area contributed by atoms with E-state index in [1.807, 2.05) is 0 Å². The zero-order valence-electron chi connectivity index (χ0n) is 9.84. The first-order chi connectivity index (χ1) is 6.45. The van der Waals surface area contributed by atoms with Crippen molar-refractivity contribution in [3.05, 3.63) is 0 Å². The number of hydrogen-bond acceptors (Lipinski definition) is 3. The summed E-state index contributed by atoms with van der Waals surface area (Å²) < 4.78 is 5.86. The van der Waals surface area contributed by atoms with Gasteiger partial charge in [0.25, 0.3) is 0 Å². The van der Waals surface area contributed by atoms with Gasteiger partial charge in [0, 0.05) is 0 Å². The molecule has 0 bridgehead atoms. The lowest BCUT2D eigenvalue weighted by Gasteiger charge is -2.32. The van der Waals surface area contributed by atoms with Gasteiger partial charge in [-0.15, -0.1) is 0 Å². The molecule has 0 amide bonds. The van der Waals surface area contributed by atoms with E-state index >= 15 is 0 Å².